The van der Waals surface area contributed by atoms with E-state index < -0.39 is 5.41 Å². The molecular formula is C16H20ClNO3. The summed E-state index contributed by atoms with van der Waals surface area (Å²) in [6, 6.07) is 7.37. The Balaban J connectivity index is 1.90. The molecule has 1 aliphatic carbocycles. The molecule has 1 amide bonds. The van der Waals surface area contributed by atoms with Crippen molar-refractivity contribution in [3.05, 3.63) is 34.9 Å². The number of halogens is 1. The van der Waals surface area contributed by atoms with Gasteiger partial charge in [0.15, 0.2) is 0 Å². The zero-order valence-electron chi connectivity index (χ0n) is 11.9. The number of ether oxygens (including phenoxy) is 1. The van der Waals surface area contributed by atoms with Gasteiger partial charge in [0.25, 0.3) is 0 Å². The Morgan fingerprint density at radius 3 is 2.90 bits per heavy atom. The molecule has 0 spiro atoms. The summed E-state index contributed by atoms with van der Waals surface area (Å²) in [4.78, 5) is 14.9. The fourth-order valence-electron chi connectivity index (χ4n) is 3.29. The fourth-order valence-corrected chi connectivity index (χ4v) is 3.48. The lowest BCUT2D eigenvalue weighted by Crippen LogP contribution is -2.58. The Morgan fingerprint density at radius 1 is 1.48 bits per heavy atom. The number of carbonyl (C=O) groups excluding carboxylic acids is 1. The van der Waals surface area contributed by atoms with Crippen molar-refractivity contribution in [1.82, 2.24) is 4.90 Å². The number of rotatable bonds is 3. The van der Waals surface area contributed by atoms with Crippen LogP contribution in [0.15, 0.2) is 24.3 Å². The van der Waals surface area contributed by atoms with Crippen molar-refractivity contribution >= 4 is 17.5 Å². The highest BCUT2D eigenvalue weighted by Crippen LogP contribution is 2.46. The second-order valence-electron chi connectivity index (χ2n) is 5.86. The molecule has 21 heavy (non-hydrogen) atoms. The molecule has 1 heterocycles. The maximum absolute atomic E-state index is 13.1. The lowest BCUT2D eigenvalue weighted by molar-refractivity contribution is -0.151. The molecule has 1 aromatic rings. The Hall–Kier alpha value is -1.10. The van der Waals surface area contributed by atoms with Crippen LogP contribution in [-0.4, -0.2) is 48.3 Å². The largest absolute Gasteiger partial charge is 0.394 e. The van der Waals surface area contributed by atoms with Gasteiger partial charge in [0.05, 0.1) is 31.3 Å². The molecule has 3 rings (SSSR count). The maximum atomic E-state index is 13.1. The van der Waals surface area contributed by atoms with E-state index >= 15 is 0 Å². The molecule has 4 nitrogen and oxygen atoms in total. The zero-order chi connectivity index (χ0) is 14.9. The van der Waals surface area contributed by atoms with E-state index in [1.165, 1.54) is 0 Å². The summed E-state index contributed by atoms with van der Waals surface area (Å²) in [7, 11) is 0. The summed E-state index contributed by atoms with van der Waals surface area (Å²) in [5, 5.41) is 10.1. The van der Waals surface area contributed by atoms with Gasteiger partial charge in [-0.3, -0.25) is 4.79 Å². The lowest BCUT2D eigenvalue weighted by Gasteiger charge is -2.47. The molecular weight excluding hydrogens is 290 g/mol. The smallest absolute Gasteiger partial charge is 0.233 e. The quantitative estimate of drug-likeness (QED) is 0.929. The van der Waals surface area contributed by atoms with Gasteiger partial charge in [0, 0.05) is 11.6 Å². The maximum Gasteiger partial charge on any atom is 0.233 e. The van der Waals surface area contributed by atoms with Gasteiger partial charge >= 0.3 is 0 Å². The minimum atomic E-state index is -0.463. The summed E-state index contributed by atoms with van der Waals surface area (Å²) in [5.41, 5.74) is 0.532. The van der Waals surface area contributed by atoms with E-state index in [9.17, 15) is 9.90 Å². The normalized spacial score (nSPS) is 24.5. The fraction of sp³-hybridized carbons (Fsp3) is 0.562. The number of hydrogen-bond donors (Lipinski definition) is 1. The predicted molar refractivity (Wildman–Crippen MR) is 80.4 cm³/mol. The monoisotopic (exact) mass is 309 g/mol. The number of hydrogen-bond acceptors (Lipinski definition) is 3. The molecule has 1 saturated heterocycles. The van der Waals surface area contributed by atoms with Gasteiger partial charge in [-0.05, 0) is 30.5 Å². The second kappa shape index (κ2) is 5.95. The van der Waals surface area contributed by atoms with Crippen molar-refractivity contribution in [2.75, 3.05) is 26.4 Å². The first kappa shape index (κ1) is 14.8. The number of aliphatic hydroxyl groups excluding tert-OH is 1. The highest BCUT2D eigenvalue weighted by molar-refractivity contribution is 6.30. The minimum absolute atomic E-state index is 0.0582. The number of morpholine rings is 1. The lowest BCUT2D eigenvalue weighted by atomic mass is 9.63. The van der Waals surface area contributed by atoms with E-state index in [4.69, 9.17) is 16.3 Å². The second-order valence-corrected chi connectivity index (χ2v) is 6.29. The van der Waals surface area contributed by atoms with Crippen LogP contribution in [0.5, 0.6) is 0 Å². The molecule has 1 aromatic carbocycles. The highest BCUT2D eigenvalue weighted by Gasteiger charge is 2.49. The minimum Gasteiger partial charge on any atom is -0.394 e. The van der Waals surface area contributed by atoms with Crippen LogP contribution in [0.1, 0.15) is 24.8 Å². The summed E-state index contributed by atoms with van der Waals surface area (Å²) >= 11 is 6.09. The standard InChI is InChI=1S/C16H20ClNO3/c17-13-4-1-3-12(9-13)16(5-2-6-16)15(20)18-7-8-21-11-14(18)10-19/h1,3-4,9,14,19H,2,5-8,10-11H2. The van der Waals surface area contributed by atoms with Crippen molar-refractivity contribution in [1.29, 1.82) is 0 Å². The highest BCUT2D eigenvalue weighted by atomic mass is 35.5. The van der Waals surface area contributed by atoms with Crippen LogP contribution in [-0.2, 0) is 14.9 Å². The van der Waals surface area contributed by atoms with Gasteiger partial charge in [-0.15, -0.1) is 0 Å². The molecule has 2 aliphatic rings. The van der Waals surface area contributed by atoms with Crippen LogP contribution in [0.3, 0.4) is 0 Å². The first-order valence-electron chi connectivity index (χ1n) is 7.43. The molecule has 1 unspecified atom stereocenters. The summed E-state index contributed by atoms with van der Waals surface area (Å²) in [6.45, 7) is 1.44. The first-order chi connectivity index (χ1) is 10.2. The molecule has 1 aliphatic heterocycles. The SMILES string of the molecule is O=C(N1CCOCC1CO)C1(c2cccc(Cl)c2)CCC1. The predicted octanol–water partition coefficient (Wildman–Crippen LogP) is 1.98. The van der Waals surface area contributed by atoms with Crippen LogP contribution in [0.25, 0.3) is 0 Å². The van der Waals surface area contributed by atoms with Crippen molar-refractivity contribution in [2.45, 2.75) is 30.7 Å². The molecule has 2 fully saturated rings. The first-order valence-corrected chi connectivity index (χ1v) is 7.81. The van der Waals surface area contributed by atoms with Crippen molar-refractivity contribution in [3.63, 3.8) is 0 Å². The molecule has 0 bridgehead atoms. The van der Waals surface area contributed by atoms with Crippen molar-refractivity contribution in [2.24, 2.45) is 0 Å². The van der Waals surface area contributed by atoms with Gasteiger partial charge < -0.3 is 14.7 Å². The van der Waals surface area contributed by atoms with E-state index in [1.807, 2.05) is 24.3 Å². The van der Waals surface area contributed by atoms with Crippen LogP contribution in [0.4, 0.5) is 0 Å². The molecule has 1 N–H and O–H groups in total. The van der Waals surface area contributed by atoms with Crippen LogP contribution in [0.2, 0.25) is 5.02 Å². The van der Waals surface area contributed by atoms with Crippen LogP contribution >= 0.6 is 11.6 Å². The van der Waals surface area contributed by atoms with Gasteiger partial charge in [-0.1, -0.05) is 30.2 Å². The Labute approximate surface area is 129 Å². The van der Waals surface area contributed by atoms with Gasteiger partial charge in [-0.25, -0.2) is 0 Å². The molecule has 114 valence electrons. The van der Waals surface area contributed by atoms with E-state index in [1.54, 1.807) is 4.90 Å². The van der Waals surface area contributed by atoms with Crippen molar-refractivity contribution < 1.29 is 14.6 Å². The molecule has 5 heteroatoms. The third-order valence-electron chi connectivity index (χ3n) is 4.69. The Bertz CT molecular complexity index is 530. The summed E-state index contributed by atoms with van der Waals surface area (Å²) in [6.07, 6.45) is 2.75. The zero-order valence-corrected chi connectivity index (χ0v) is 12.7. The number of nitrogens with zero attached hydrogens (tertiary/aromatic N) is 1. The topological polar surface area (TPSA) is 49.8 Å². The number of amides is 1. The van der Waals surface area contributed by atoms with Gasteiger partial charge in [0.1, 0.15) is 0 Å². The molecule has 0 radical (unpaired) electrons. The van der Waals surface area contributed by atoms with Crippen molar-refractivity contribution in [3.8, 4) is 0 Å². The van der Waals surface area contributed by atoms with Crippen LogP contribution in [0, 0.1) is 0 Å². The van der Waals surface area contributed by atoms with E-state index in [-0.39, 0.29) is 18.6 Å². The third kappa shape index (κ3) is 2.56. The Kier molecular flexibility index (Phi) is 4.20. The van der Waals surface area contributed by atoms with E-state index in [0.29, 0.717) is 24.8 Å². The van der Waals surface area contributed by atoms with E-state index in [2.05, 4.69) is 0 Å². The average molecular weight is 310 g/mol. The van der Waals surface area contributed by atoms with E-state index in [0.717, 1.165) is 24.8 Å². The number of carbonyl (C=O) groups is 1. The Morgan fingerprint density at radius 2 is 2.29 bits per heavy atom. The van der Waals surface area contributed by atoms with Crippen LogP contribution < -0.4 is 0 Å². The number of aliphatic hydroxyl groups is 1. The summed E-state index contributed by atoms with van der Waals surface area (Å²) < 4.78 is 5.37. The molecule has 1 saturated carbocycles. The third-order valence-corrected chi connectivity index (χ3v) is 4.93. The number of benzene rings is 1. The summed E-state index contributed by atoms with van der Waals surface area (Å²) in [5.74, 6) is 0.110. The molecule has 1 atom stereocenters. The molecule has 0 aromatic heterocycles. The van der Waals surface area contributed by atoms with Gasteiger partial charge in [-0.2, -0.15) is 0 Å². The average Bonchev–Trinajstić information content (AvgIpc) is 2.46. The van der Waals surface area contributed by atoms with Gasteiger partial charge in [0.2, 0.25) is 5.91 Å².